The quantitative estimate of drug-likeness (QED) is 0.455. The molecule has 2 aromatic rings. The Morgan fingerprint density at radius 2 is 2.27 bits per heavy atom. The molecule has 0 bridgehead atoms. The number of nitrogen functional groups attached to an aromatic ring is 1. The first kappa shape index (κ1) is 8.75. The third-order valence-corrected chi connectivity index (χ3v) is 1.56. The Hall–Kier alpha value is -2.83. The summed E-state index contributed by atoms with van der Waals surface area (Å²) in [5.74, 6) is -0.910. The number of anilines is 1. The second-order valence-electron chi connectivity index (χ2n) is 2.43. The van der Waals surface area contributed by atoms with Crippen LogP contribution in [-0.2, 0) is 0 Å². The van der Waals surface area contributed by atoms with Crippen molar-refractivity contribution in [3.05, 3.63) is 15.8 Å². The Morgan fingerprint density at radius 1 is 1.53 bits per heavy atom. The Morgan fingerprint density at radius 3 is 2.87 bits per heavy atom. The molecule has 0 saturated carbocycles. The molecule has 0 aromatic carbocycles. The number of hydrogen-bond acceptors (Lipinski definition) is 8. The summed E-state index contributed by atoms with van der Waals surface area (Å²) >= 11 is 0. The van der Waals surface area contributed by atoms with Crippen molar-refractivity contribution >= 4 is 17.5 Å². The molecular formula is C5H2N8O2. The summed E-state index contributed by atoms with van der Waals surface area (Å²) in [4.78, 5) is 13.0. The SMILES string of the molecule is N#Cc1nnc2nc([N+](=O)[O-])nn2c1N. The van der Waals surface area contributed by atoms with Gasteiger partial charge in [0.05, 0.1) is 0 Å². The van der Waals surface area contributed by atoms with E-state index in [4.69, 9.17) is 11.0 Å². The maximum atomic E-state index is 10.3. The number of nitro groups is 1. The maximum absolute atomic E-state index is 10.3. The number of hydrogen-bond donors (Lipinski definition) is 1. The summed E-state index contributed by atoms with van der Waals surface area (Å²) in [6.45, 7) is 0. The molecular weight excluding hydrogens is 204 g/mol. The van der Waals surface area contributed by atoms with E-state index in [2.05, 4.69) is 20.3 Å². The molecule has 0 atom stereocenters. The lowest BCUT2D eigenvalue weighted by Crippen LogP contribution is -2.06. The molecule has 0 spiro atoms. The number of nitrogens with zero attached hydrogens (tertiary/aromatic N) is 7. The van der Waals surface area contributed by atoms with E-state index in [1.807, 2.05) is 0 Å². The van der Waals surface area contributed by atoms with E-state index < -0.39 is 10.9 Å². The highest BCUT2D eigenvalue weighted by molar-refractivity contribution is 5.48. The van der Waals surface area contributed by atoms with Gasteiger partial charge in [0, 0.05) is 5.10 Å². The number of nitrogens with two attached hydrogens (primary N) is 1. The molecule has 10 nitrogen and oxygen atoms in total. The summed E-state index contributed by atoms with van der Waals surface area (Å²) < 4.78 is 0.893. The van der Waals surface area contributed by atoms with Crippen LogP contribution in [0.1, 0.15) is 5.69 Å². The molecule has 0 aliphatic rings. The minimum absolute atomic E-state index is 0.127. The van der Waals surface area contributed by atoms with Gasteiger partial charge in [-0.25, -0.2) is 0 Å². The highest BCUT2D eigenvalue weighted by Gasteiger charge is 2.21. The zero-order valence-electron chi connectivity index (χ0n) is 7.02. The zero-order chi connectivity index (χ0) is 11.0. The predicted molar refractivity (Wildman–Crippen MR) is 44.4 cm³/mol. The van der Waals surface area contributed by atoms with Gasteiger partial charge < -0.3 is 15.8 Å². The molecule has 0 fully saturated rings. The van der Waals surface area contributed by atoms with Crippen molar-refractivity contribution in [3.8, 4) is 6.07 Å². The summed E-state index contributed by atoms with van der Waals surface area (Å²) in [7, 11) is 0. The van der Waals surface area contributed by atoms with Crippen molar-refractivity contribution in [2.45, 2.75) is 0 Å². The van der Waals surface area contributed by atoms with Crippen LogP contribution in [0.25, 0.3) is 5.78 Å². The van der Waals surface area contributed by atoms with E-state index in [9.17, 15) is 10.1 Å². The fourth-order valence-electron chi connectivity index (χ4n) is 0.923. The van der Waals surface area contributed by atoms with Gasteiger partial charge in [0.1, 0.15) is 6.07 Å². The minimum atomic E-state index is -0.792. The Labute approximate surface area is 81.1 Å². The van der Waals surface area contributed by atoms with Crippen LogP contribution in [0.15, 0.2) is 0 Å². The van der Waals surface area contributed by atoms with Gasteiger partial charge in [0.25, 0.3) is 0 Å². The molecule has 0 aliphatic heterocycles. The van der Waals surface area contributed by atoms with Crippen LogP contribution >= 0.6 is 0 Å². The third kappa shape index (κ3) is 1.18. The van der Waals surface area contributed by atoms with E-state index in [1.54, 1.807) is 6.07 Å². The lowest BCUT2D eigenvalue weighted by atomic mass is 10.5. The molecule has 15 heavy (non-hydrogen) atoms. The van der Waals surface area contributed by atoms with Gasteiger partial charge in [0.15, 0.2) is 5.82 Å². The van der Waals surface area contributed by atoms with Crippen molar-refractivity contribution in [3.63, 3.8) is 0 Å². The molecule has 2 N–H and O–H groups in total. The smallest absolute Gasteiger partial charge is 0.390 e. The first-order valence-corrected chi connectivity index (χ1v) is 3.57. The summed E-state index contributed by atoms with van der Waals surface area (Å²) in [6.07, 6.45) is 0. The largest absolute Gasteiger partial charge is 0.493 e. The molecule has 0 amide bonds. The summed E-state index contributed by atoms with van der Waals surface area (Å²) in [5.41, 5.74) is 5.29. The Kier molecular flexibility index (Phi) is 1.66. The highest BCUT2D eigenvalue weighted by Crippen LogP contribution is 2.10. The van der Waals surface area contributed by atoms with Gasteiger partial charge in [-0.1, -0.05) is 9.61 Å². The molecule has 2 heterocycles. The number of aromatic nitrogens is 5. The molecule has 2 aromatic heterocycles. The molecule has 74 valence electrons. The molecule has 10 heteroatoms. The van der Waals surface area contributed by atoms with E-state index in [1.165, 1.54) is 0 Å². The van der Waals surface area contributed by atoms with Gasteiger partial charge in [-0.15, -0.1) is 5.10 Å². The predicted octanol–water partition coefficient (Wildman–Crippen LogP) is -1.12. The Balaban J connectivity index is 2.78. The van der Waals surface area contributed by atoms with Gasteiger partial charge in [0.2, 0.25) is 5.69 Å². The second kappa shape index (κ2) is 2.84. The third-order valence-electron chi connectivity index (χ3n) is 1.56. The molecule has 2 rings (SSSR count). The molecule has 0 radical (unpaired) electrons. The summed E-state index contributed by atoms with van der Waals surface area (Å²) in [5, 5.41) is 29.2. The van der Waals surface area contributed by atoms with Gasteiger partial charge in [-0.05, 0) is 9.91 Å². The number of nitriles is 1. The van der Waals surface area contributed by atoms with Crippen LogP contribution < -0.4 is 5.73 Å². The van der Waals surface area contributed by atoms with Crippen molar-refractivity contribution in [2.24, 2.45) is 0 Å². The normalized spacial score (nSPS) is 10.1. The lowest BCUT2D eigenvalue weighted by molar-refractivity contribution is -0.394. The standard InChI is InChI=1S/C5H2N8O2/c6-1-2-3(7)12-4(10-9-2)8-5(11-12)13(14)15/h7H2. The van der Waals surface area contributed by atoms with Crippen LogP contribution in [0.4, 0.5) is 11.8 Å². The van der Waals surface area contributed by atoms with Gasteiger partial charge in [-0.3, -0.25) is 0 Å². The van der Waals surface area contributed by atoms with Crippen LogP contribution in [0, 0.1) is 21.4 Å². The zero-order valence-corrected chi connectivity index (χ0v) is 7.02. The van der Waals surface area contributed by atoms with Crippen LogP contribution in [0.5, 0.6) is 0 Å². The average molecular weight is 206 g/mol. The van der Waals surface area contributed by atoms with Crippen molar-refractivity contribution in [1.29, 1.82) is 5.26 Å². The second-order valence-corrected chi connectivity index (χ2v) is 2.43. The monoisotopic (exact) mass is 206 g/mol. The lowest BCUT2D eigenvalue weighted by Gasteiger charge is -1.91. The topological polar surface area (TPSA) is 149 Å². The van der Waals surface area contributed by atoms with Crippen LogP contribution in [-0.4, -0.2) is 29.7 Å². The van der Waals surface area contributed by atoms with E-state index in [-0.39, 0.29) is 17.3 Å². The first-order chi connectivity index (χ1) is 7.13. The fraction of sp³-hybridized carbons (Fsp3) is 0. The van der Waals surface area contributed by atoms with Crippen LogP contribution in [0.2, 0.25) is 0 Å². The number of rotatable bonds is 1. The molecule has 0 unspecified atom stereocenters. The van der Waals surface area contributed by atoms with Crippen LogP contribution in [0.3, 0.4) is 0 Å². The van der Waals surface area contributed by atoms with Gasteiger partial charge in [-0.2, -0.15) is 5.26 Å². The van der Waals surface area contributed by atoms with E-state index in [0.717, 1.165) is 4.52 Å². The number of fused-ring (bicyclic) bond motifs is 1. The minimum Gasteiger partial charge on any atom is -0.390 e. The van der Waals surface area contributed by atoms with Crippen molar-refractivity contribution in [1.82, 2.24) is 24.8 Å². The fourth-order valence-corrected chi connectivity index (χ4v) is 0.923. The van der Waals surface area contributed by atoms with Crippen molar-refractivity contribution < 1.29 is 4.92 Å². The molecule has 0 saturated heterocycles. The van der Waals surface area contributed by atoms with E-state index >= 15 is 0 Å². The average Bonchev–Trinajstić information content (AvgIpc) is 2.63. The van der Waals surface area contributed by atoms with E-state index in [0.29, 0.717) is 0 Å². The highest BCUT2D eigenvalue weighted by atomic mass is 16.6. The maximum Gasteiger partial charge on any atom is 0.493 e. The Bertz CT molecular complexity index is 595. The molecule has 0 aliphatic carbocycles. The van der Waals surface area contributed by atoms with Crippen molar-refractivity contribution in [2.75, 3.05) is 5.73 Å². The van der Waals surface area contributed by atoms with Gasteiger partial charge >= 0.3 is 11.7 Å². The first-order valence-electron chi connectivity index (χ1n) is 3.57. The summed E-state index contributed by atoms with van der Waals surface area (Å²) in [6, 6.07) is 1.67.